The molecule has 0 bridgehead atoms. The van der Waals surface area contributed by atoms with E-state index in [4.69, 9.17) is 14.6 Å². The van der Waals surface area contributed by atoms with Gasteiger partial charge in [-0.2, -0.15) is 0 Å². The Morgan fingerprint density at radius 1 is 1.14 bits per heavy atom. The van der Waals surface area contributed by atoms with Gasteiger partial charge >= 0.3 is 5.97 Å². The smallest absolute Gasteiger partial charge is 0.336 e. The van der Waals surface area contributed by atoms with Gasteiger partial charge in [-0.3, -0.25) is 9.79 Å². The van der Waals surface area contributed by atoms with Crippen molar-refractivity contribution in [3.05, 3.63) is 94.0 Å². The number of allylic oxidation sites excluding steroid dienone is 4. The summed E-state index contributed by atoms with van der Waals surface area (Å²) in [6.07, 6.45) is 5.91. The molecule has 2 aromatic carbocycles. The van der Waals surface area contributed by atoms with Gasteiger partial charge in [0.15, 0.2) is 5.78 Å². The summed E-state index contributed by atoms with van der Waals surface area (Å²) in [6.45, 7) is 3.95. The zero-order chi connectivity index (χ0) is 26.4. The molecule has 0 fully saturated rings. The van der Waals surface area contributed by atoms with Crippen molar-refractivity contribution in [3.8, 4) is 11.5 Å². The van der Waals surface area contributed by atoms with E-state index in [0.29, 0.717) is 36.2 Å². The summed E-state index contributed by atoms with van der Waals surface area (Å²) >= 11 is 0. The van der Waals surface area contributed by atoms with Crippen LogP contribution >= 0.6 is 0 Å². The molecule has 2 aromatic rings. The molecule has 1 aliphatic carbocycles. The number of carbonyl (C=O) groups excluding carboxylic acids is 2. The van der Waals surface area contributed by atoms with Crippen LogP contribution in [0.4, 0.5) is 0 Å². The van der Waals surface area contributed by atoms with E-state index in [1.165, 1.54) is 0 Å². The number of ketones is 1. The van der Waals surface area contributed by atoms with Gasteiger partial charge in [-0.15, -0.1) is 0 Å². The van der Waals surface area contributed by atoms with Crippen LogP contribution in [0, 0.1) is 6.92 Å². The normalized spacial score (nSPS) is 18.4. The first-order chi connectivity index (χ1) is 17.9. The fourth-order valence-electron chi connectivity index (χ4n) is 4.71. The summed E-state index contributed by atoms with van der Waals surface area (Å²) in [5.74, 6) is 0.855. The Morgan fingerprint density at radius 3 is 2.62 bits per heavy atom. The molecule has 192 valence electrons. The molecule has 3 aliphatic rings. The first-order valence-corrected chi connectivity index (χ1v) is 12.3. The Morgan fingerprint density at radius 2 is 1.95 bits per heavy atom. The summed E-state index contributed by atoms with van der Waals surface area (Å²) in [7, 11) is 1.64. The number of benzene rings is 2. The lowest BCUT2D eigenvalue weighted by atomic mass is 9.78. The standard InChI is InChI=1S/C23H24N2O4.C7H8O/c1-14-18(23(27)29-13-16-6-5-9-24-16)12-19-20(25-14)10-15(11-21(19)26)17-7-3-4-8-22(17)28-2;1-6-3-2-4-7(8)5-6/h3-4,6-9,15,25H,5,10-13H2,1-2H3;2-5,8H,1H3/t15-;/m1./s1. The summed E-state index contributed by atoms with van der Waals surface area (Å²) in [5, 5.41) is 12.1. The number of para-hydroxylation sites is 1. The molecular weight excluding hydrogens is 468 g/mol. The number of hydrogen-bond acceptors (Lipinski definition) is 7. The van der Waals surface area contributed by atoms with E-state index in [2.05, 4.69) is 10.3 Å². The molecule has 0 saturated heterocycles. The van der Waals surface area contributed by atoms with Crippen LogP contribution in [-0.2, 0) is 14.3 Å². The van der Waals surface area contributed by atoms with E-state index in [1.54, 1.807) is 25.5 Å². The van der Waals surface area contributed by atoms with E-state index >= 15 is 0 Å². The fraction of sp³-hybridized carbons (Fsp3) is 0.300. The van der Waals surface area contributed by atoms with E-state index in [0.717, 1.165) is 40.4 Å². The van der Waals surface area contributed by atoms with Crippen LogP contribution in [0.1, 0.15) is 49.7 Å². The van der Waals surface area contributed by atoms with Gasteiger partial charge in [0.25, 0.3) is 0 Å². The molecule has 0 saturated carbocycles. The number of dihydropyridines is 1. The van der Waals surface area contributed by atoms with Gasteiger partial charge in [-0.05, 0) is 49.6 Å². The SMILES string of the molecule is COc1ccccc1[C@H]1CC(=O)C2=C(C1)NC(C)=C(C(=O)OCC1=CCC=N1)C2.Cc1cccc(O)c1. The topological polar surface area (TPSA) is 97.2 Å². The lowest BCUT2D eigenvalue weighted by Crippen LogP contribution is -2.31. The lowest BCUT2D eigenvalue weighted by Gasteiger charge is -2.32. The van der Waals surface area contributed by atoms with Crippen LogP contribution in [0.15, 0.2) is 87.8 Å². The molecule has 1 atom stereocenters. The Bertz CT molecular complexity index is 1300. The molecule has 2 heterocycles. The highest BCUT2D eigenvalue weighted by Gasteiger charge is 2.34. The minimum Gasteiger partial charge on any atom is -0.508 e. The highest BCUT2D eigenvalue weighted by Crippen LogP contribution is 2.41. The molecule has 0 unspecified atom stereocenters. The van der Waals surface area contributed by atoms with Gasteiger partial charge in [0.1, 0.15) is 18.1 Å². The number of carbonyl (C=O) groups is 2. The number of aromatic hydroxyl groups is 1. The number of phenols is 1. The van der Waals surface area contributed by atoms with Crippen molar-refractivity contribution in [2.75, 3.05) is 13.7 Å². The van der Waals surface area contributed by atoms with Gasteiger partial charge < -0.3 is 19.9 Å². The van der Waals surface area contributed by atoms with E-state index in [-0.39, 0.29) is 18.3 Å². The van der Waals surface area contributed by atoms with Gasteiger partial charge in [0.2, 0.25) is 0 Å². The molecule has 0 radical (unpaired) electrons. The predicted octanol–water partition coefficient (Wildman–Crippen LogP) is 5.27. The minimum absolute atomic E-state index is 0.0540. The zero-order valence-corrected chi connectivity index (χ0v) is 21.4. The summed E-state index contributed by atoms with van der Waals surface area (Å²) in [5.41, 5.74) is 5.72. The molecule has 2 N–H and O–H groups in total. The van der Waals surface area contributed by atoms with Crippen LogP contribution in [-0.4, -0.2) is 36.8 Å². The number of nitrogens with zero attached hydrogens (tertiary/aromatic N) is 1. The lowest BCUT2D eigenvalue weighted by molar-refractivity contribution is -0.138. The molecule has 37 heavy (non-hydrogen) atoms. The monoisotopic (exact) mass is 500 g/mol. The summed E-state index contributed by atoms with van der Waals surface area (Å²) < 4.78 is 10.9. The molecular formula is C30H32N2O5. The number of esters is 1. The minimum atomic E-state index is -0.399. The molecule has 0 amide bonds. The summed E-state index contributed by atoms with van der Waals surface area (Å²) in [6, 6.07) is 15.0. The van der Waals surface area contributed by atoms with Gasteiger partial charge in [-0.1, -0.05) is 36.4 Å². The second kappa shape index (κ2) is 11.7. The molecule has 7 nitrogen and oxygen atoms in total. The van der Waals surface area contributed by atoms with Gasteiger partial charge in [0.05, 0.1) is 18.4 Å². The predicted molar refractivity (Wildman–Crippen MR) is 142 cm³/mol. The molecule has 0 aromatic heterocycles. The van der Waals surface area contributed by atoms with Crippen molar-refractivity contribution < 1.29 is 24.2 Å². The number of Topliss-reactive ketones (excluding diaryl/α,β-unsaturated/α-hetero) is 1. The second-order valence-electron chi connectivity index (χ2n) is 9.29. The van der Waals surface area contributed by atoms with Crippen LogP contribution in [0.5, 0.6) is 11.5 Å². The molecule has 0 spiro atoms. The van der Waals surface area contributed by atoms with E-state index in [9.17, 15) is 9.59 Å². The highest BCUT2D eigenvalue weighted by atomic mass is 16.5. The highest BCUT2D eigenvalue weighted by molar-refractivity contribution is 6.01. The number of rotatable bonds is 5. The van der Waals surface area contributed by atoms with Crippen LogP contribution in [0.3, 0.4) is 0 Å². The largest absolute Gasteiger partial charge is 0.508 e. The number of aliphatic imine (C=N–C) groups is 1. The average molecular weight is 501 g/mol. The number of aryl methyl sites for hydroxylation is 1. The number of ether oxygens (including phenoxy) is 2. The third-order valence-electron chi connectivity index (χ3n) is 6.62. The number of hydrogen-bond donors (Lipinski definition) is 2. The van der Waals surface area contributed by atoms with Crippen molar-refractivity contribution in [1.29, 1.82) is 0 Å². The number of methoxy groups -OCH3 is 1. The second-order valence-corrected chi connectivity index (χ2v) is 9.29. The maximum absolute atomic E-state index is 12.9. The molecule has 5 rings (SSSR count). The number of nitrogens with one attached hydrogen (secondary N) is 1. The van der Waals surface area contributed by atoms with Crippen LogP contribution in [0.25, 0.3) is 0 Å². The van der Waals surface area contributed by atoms with Crippen LogP contribution < -0.4 is 10.1 Å². The Labute approximate surface area is 217 Å². The first-order valence-electron chi connectivity index (χ1n) is 12.3. The Kier molecular flexibility index (Phi) is 8.23. The fourth-order valence-corrected chi connectivity index (χ4v) is 4.71. The molecule has 2 aliphatic heterocycles. The Hall–Kier alpha value is -4.13. The quantitative estimate of drug-likeness (QED) is 0.543. The van der Waals surface area contributed by atoms with E-state index in [1.807, 2.05) is 56.3 Å². The van der Waals surface area contributed by atoms with Crippen LogP contribution in [0.2, 0.25) is 0 Å². The van der Waals surface area contributed by atoms with Crippen molar-refractivity contribution in [3.63, 3.8) is 0 Å². The van der Waals surface area contributed by atoms with Gasteiger partial charge in [-0.25, -0.2) is 4.79 Å². The van der Waals surface area contributed by atoms with Crippen molar-refractivity contribution >= 4 is 18.0 Å². The maximum Gasteiger partial charge on any atom is 0.336 e. The summed E-state index contributed by atoms with van der Waals surface area (Å²) in [4.78, 5) is 29.6. The first kappa shape index (κ1) is 25.9. The van der Waals surface area contributed by atoms with Gasteiger partial charge in [0, 0.05) is 48.4 Å². The third-order valence-corrected chi connectivity index (χ3v) is 6.62. The van der Waals surface area contributed by atoms with E-state index < -0.39 is 5.97 Å². The van der Waals surface area contributed by atoms with Crippen molar-refractivity contribution in [1.82, 2.24) is 5.32 Å². The van der Waals surface area contributed by atoms with Crippen molar-refractivity contribution in [2.24, 2.45) is 4.99 Å². The van der Waals surface area contributed by atoms with Crippen molar-refractivity contribution in [2.45, 2.75) is 45.4 Å². The number of phenolic OH excluding ortho intramolecular Hbond substituents is 1. The molecule has 7 heteroatoms. The third kappa shape index (κ3) is 6.36. The average Bonchev–Trinajstić information content (AvgIpc) is 3.41. The Balaban J connectivity index is 0.000000342. The zero-order valence-electron chi connectivity index (χ0n) is 21.4. The maximum atomic E-state index is 12.9.